The molecule has 0 spiro atoms. The van der Waals surface area contributed by atoms with Crippen molar-refractivity contribution in [3.8, 4) is 5.69 Å². The Morgan fingerprint density at radius 3 is 2.65 bits per heavy atom. The van der Waals surface area contributed by atoms with Crippen LogP contribution >= 0.6 is 0 Å². The lowest BCUT2D eigenvalue weighted by molar-refractivity contribution is -0.120. The zero-order chi connectivity index (χ0) is 18.2. The van der Waals surface area contributed by atoms with E-state index in [-0.39, 0.29) is 30.5 Å². The van der Waals surface area contributed by atoms with Gasteiger partial charge in [0.2, 0.25) is 5.91 Å². The number of aromatic nitrogens is 2. The summed E-state index contributed by atoms with van der Waals surface area (Å²) in [5, 5.41) is 9.80. The van der Waals surface area contributed by atoms with Crippen molar-refractivity contribution >= 4 is 11.8 Å². The number of nitrogens with zero attached hydrogens (tertiary/aromatic N) is 2. The van der Waals surface area contributed by atoms with Gasteiger partial charge in [0, 0.05) is 25.7 Å². The van der Waals surface area contributed by atoms with E-state index in [0.29, 0.717) is 13.0 Å². The molecule has 0 aliphatic carbocycles. The number of carbonyl (C=O) groups is 2. The van der Waals surface area contributed by atoms with E-state index in [9.17, 15) is 9.59 Å². The van der Waals surface area contributed by atoms with E-state index < -0.39 is 0 Å². The van der Waals surface area contributed by atoms with E-state index in [1.807, 2.05) is 36.5 Å². The summed E-state index contributed by atoms with van der Waals surface area (Å²) in [4.78, 5) is 23.5. The number of benzene rings is 1. The first-order valence-corrected chi connectivity index (χ1v) is 8.40. The summed E-state index contributed by atoms with van der Waals surface area (Å²) in [6.07, 6.45) is 6.09. The molecule has 0 atom stereocenters. The SMILES string of the molecule is O=C(CCNC(=O)c1ccco1)NCCc1cnn(-c2ccccc2)c1. The number of furan rings is 1. The maximum absolute atomic E-state index is 11.8. The lowest BCUT2D eigenvalue weighted by atomic mass is 10.2. The molecule has 7 heteroatoms. The molecule has 0 radical (unpaired) electrons. The van der Waals surface area contributed by atoms with Gasteiger partial charge in [0.05, 0.1) is 18.1 Å². The molecule has 0 aliphatic rings. The molecule has 0 fully saturated rings. The molecule has 3 rings (SSSR count). The van der Waals surface area contributed by atoms with Crippen molar-refractivity contribution < 1.29 is 14.0 Å². The monoisotopic (exact) mass is 352 g/mol. The molecule has 2 aromatic heterocycles. The third-order valence-corrected chi connectivity index (χ3v) is 3.78. The fourth-order valence-corrected chi connectivity index (χ4v) is 2.43. The minimum absolute atomic E-state index is 0.111. The molecular formula is C19H20N4O3. The average molecular weight is 352 g/mol. The van der Waals surface area contributed by atoms with Crippen LogP contribution in [0.4, 0.5) is 0 Å². The van der Waals surface area contributed by atoms with Crippen LogP contribution in [0.15, 0.2) is 65.5 Å². The third kappa shape index (κ3) is 4.83. The Morgan fingerprint density at radius 2 is 1.88 bits per heavy atom. The quantitative estimate of drug-likeness (QED) is 0.648. The van der Waals surface area contributed by atoms with E-state index in [2.05, 4.69) is 15.7 Å². The molecule has 0 saturated carbocycles. The second-order valence-corrected chi connectivity index (χ2v) is 5.71. The van der Waals surface area contributed by atoms with Gasteiger partial charge in [-0.1, -0.05) is 18.2 Å². The fraction of sp³-hybridized carbons (Fsp3) is 0.211. The smallest absolute Gasteiger partial charge is 0.286 e. The maximum atomic E-state index is 11.8. The van der Waals surface area contributed by atoms with E-state index in [1.165, 1.54) is 6.26 Å². The first-order valence-electron chi connectivity index (χ1n) is 8.40. The Balaban J connectivity index is 1.35. The van der Waals surface area contributed by atoms with Crippen LogP contribution in [0, 0.1) is 0 Å². The minimum atomic E-state index is -0.323. The maximum Gasteiger partial charge on any atom is 0.286 e. The first-order chi connectivity index (χ1) is 12.7. The number of rotatable bonds is 8. The largest absolute Gasteiger partial charge is 0.459 e. The molecule has 26 heavy (non-hydrogen) atoms. The molecule has 1 aromatic carbocycles. The highest BCUT2D eigenvalue weighted by Crippen LogP contribution is 2.07. The van der Waals surface area contributed by atoms with Crippen molar-refractivity contribution in [3.63, 3.8) is 0 Å². The summed E-state index contributed by atoms with van der Waals surface area (Å²) in [7, 11) is 0. The predicted octanol–water partition coefficient (Wildman–Crippen LogP) is 1.94. The van der Waals surface area contributed by atoms with Crippen molar-refractivity contribution in [1.82, 2.24) is 20.4 Å². The van der Waals surface area contributed by atoms with E-state index in [1.54, 1.807) is 23.0 Å². The normalized spacial score (nSPS) is 10.5. The second kappa shape index (κ2) is 8.66. The number of nitrogens with one attached hydrogen (secondary N) is 2. The summed E-state index contributed by atoms with van der Waals surface area (Å²) < 4.78 is 6.79. The summed E-state index contributed by atoms with van der Waals surface area (Å²) in [6.45, 7) is 0.781. The van der Waals surface area contributed by atoms with Crippen molar-refractivity contribution in [2.24, 2.45) is 0 Å². The number of amides is 2. The van der Waals surface area contributed by atoms with Gasteiger partial charge in [0.25, 0.3) is 5.91 Å². The van der Waals surface area contributed by atoms with Gasteiger partial charge in [-0.15, -0.1) is 0 Å². The Hall–Kier alpha value is -3.35. The van der Waals surface area contributed by atoms with Crippen molar-refractivity contribution in [2.75, 3.05) is 13.1 Å². The van der Waals surface area contributed by atoms with Gasteiger partial charge in [0.1, 0.15) is 0 Å². The van der Waals surface area contributed by atoms with Crippen LogP contribution in [0.5, 0.6) is 0 Å². The van der Waals surface area contributed by atoms with Gasteiger partial charge in [-0.3, -0.25) is 9.59 Å². The van der Waals surface area contributed by atoms with Crippen LogP contribution in [0.3, 0.4) is 0 Å². The second-order valence-electron chi connectivity index (χ2n) is 5.71. The topological polar surface area (TPSA) is 89.2 Å². The molecule has 3 aromatic rings. The van der Waals surface area contributed by atoms with Crippen molar-refractivity contribution in [2.45, 2.75) is 12.8 Å². The van der Waals surface area contributed by atoms with Crippen LogP contribution < -0.4 is 10.6 Å². The molecule has 0 bridgehead atoms. The minimum Gasteiger partial charge on any atom is -0.459 e. The average Bonchev–Trinajstić information content (AvgIpc) is 3.34. The molecule has 7 nitrogen and oxygen atoms in total. The van der Waals surface area contributed by atoms with Gasteiger partial charge < -0.3 is 15.1 Å². The summed E-state index contributed by atoms with van der Waals surface area (Å²) >= 11 is 0. The molecule has 0 saturated heterocycles. The standard InChI is InChI=1S/C19H20N4O3/c24-18(9-11-21-19(25)17-7-4-12-26-17)20-10-8-15-13-22-23(14-15)16-5-2-1-3-6-16/h1-7,12-14H,8-11H2,(H,20,24)(H,21,25). The van der Waals surface area contributed by atoms with Crippen molar-refractivity contribution in [3.05, 3.63) is 72.4 Å². The Labute approximate surface area is 151 Å². The zero-order valence-corrected chi connectivity index (χ0v) is 14.2. The Kier molecular flexibility index (Phi) is 5.82. The summed E-state index contributed by atoms with van der Waals surface area (Å²) in [5.41, 5.74) is 2.04. The fourth-order valence-electron chi connectivity index (χ4n) is 2.43. The van der Waals surface area contributed by atoms with E-state index in [4.69, 9.17) is 4.42 Å². The van der Waals surface area contributed by atoms with Gasteiger partial charge >= 0.3 is 0 Å². The highest BCUT2D eigenvalue weighted by atomic mass is 16.3. The lowest BCUT2D eigenvalue weighted by Gasteiger charge is -2.05. The zero-order valence-electron chi connectivity index (χ0n) is 14.2. The number of carbonyl (C=O) groups excluding carboxylic acids is 2. The van der Waals surface area contributed by atoms with Gasteiger partial charge in [-0.25, -0.2) is 4.68 Å². The van der Waals surface area contributed by atoms with Crippen LogP contribution in [-0.4, -0.2) is 34.7 Å². The van der Waals surface area contributed by atoms with Crippen LogP contribution in [0.25, 0.3) is 5.69 Å². The summed E-state index contributed by atoms with van der Waals surface area (Å²) in [6, 6.07) is 13.1. The Morgan fingerprint density at radius 1 is 1.04 bits per heavy atom. The predicted molar refractivity (Wildman–Crippen MR) is 95.9 cm³/mol. The molecule has 2 amide bonds. The summed E-state index contributed by atoms with van der Waals surface area (Å²) in [5.74, 6) is -0.197. The Bertz CT molecular complexity index is 841. The van der Waals surface area contributed by atoms with Crippen molar-refractivity contribution in [1.29, 1.82) is 0 Å². The highest BCUT2D eigenvalue weighted by molar-refractivity contribution is 5.91. The van der Waals surface area contributed by atoms with Gasteiger partial charge in [-0.2, -0.15) is 5.10 Å². The van der Waals surface area contributed by atoms with Crippen LogP contribution in [0.1, 0.15) is 22.5 Å². The lowest BCUT2D eigenvalue weighted by Crippen LogP contribution is -2.31. The number of hydrogen-bond acceptors (Lipinski definition) is 4. The molecule has 0 aliphatic heterocycles. The third-order valence-electron chi connectivity index (χ3n) is 3.78. The van der Waals surface area contributed by atoms with Gasteiger partial charge in [-0.05, 0) is 36.2 Å². The molecule has 0 unspecified atom stereocenters. The number of hydrogen-bond donors (Lipinski definition) is 2. The first kappa shape index (κ1) is 17.5. The molecule has 2 heterocycles. The van der Waals surface area contributed by atoms with E-state index in [0.717, 1.165) is 11.3 Å². The van der Waals surface area contributed by atoms with Crippen LogP contribution in [0.2, 0.25) is 0 Å². The van der Waals surface area contributed by atoms with E-state index >= 15 is 0 Å². The molecular weight excluding hydrogens is 332 g/mol. The molecule has 2 N–H and O–H groups in total. The van der Waals surface area contributed by atoms with Crippen LogP contribution in [-0.2, 0) is 11.2 Å². The van der Waals surface area contributed by atoms with Gasteiger partial charge in [0.15, 0.2) is 5.76 Å². The molecule has 134 valence electrons. The highest BCUT2D eigenvalue weighted by Gasteiger charge is 2.08. The number of para-hydroxylation sites is 1.